The first-order valence-electron chi connectivity index (χ1n) is 6.76. The summed E-state index contributed by atoms with van der Waals surface area (Å²) >= 11 is 3.38. The Morgan fingerprint density at radius 2 is 2.09 bits per heavy atom. The van der Waals surface area contributed by atoms with Gasteiger partial charge in [0.1, 0.15) is 10.3 Å². The van der Waals surface area contributed by atoms with E-state index in [9.17, 15) is 13.2 Å². The average Bonchev–Trinajstić information content (AvgIpc) is 2.89. The minimum absolute atomic E-state index is 0.158. The number of fused-ring (bicyclic) bond motifs is 1. The zero-order valence-electron chi connectivity index (χ0n) is 12.1. The number of hydrogen-bond donors (Lipinski definition) is 1. The van der Waals surface area contributed by atoms with Crippen LogP contribution in [-0.2, 0) is 10.0 Å². The van der Waals surface area contributed by atoms with Crippen molar-refractivity contribution in [3.63, 3.8) is 0 Å². The summed E-state index contributed by atoms with van der Waals surface area (Å²) in [6, 6.07) is 3.32. The third-order valence-electron chi connectivity index (χ3n) is 4.28. The highest BCUT2D eigenvalue weighted by Gasteiger charge is 2.43. The van der Waals surface area contributed by atoms with Crippen molar-refractivity contribution in [2.45, 2.75) is 25.0 Å². The summed E-state index contributed by atoms with van der Waals surface area (Å²) in [6.07, 6.45) is 6.94. The van der Waals surface area contributed by atoms with Crippen LogP contribution in [0.15, 0.2) is 51.5 Å². The van der Waals surface area contributed by atoms with Crippen LogP contribution in [0.2, 0.25) is 0 Å². The van der Waals surface area contributed by atoms with Gasteiger partial charge in [0, 0.05) is 22.3 Å². The number of hydrogen-bond acceptors (Lipinski definition) is 3. The third kappa shape index (κ3) is 2.03. The quantitative estimate of drug-likeness (QED) is 0.867. The van der Waals surface area contributed by atoms with Crippen molar-refractivity contribution in [1.82, 2.24) is 8.96 Å². The lowest BCUT2D eigenvalue weighted by atomic mass is 9.94. The number of nitrogens with one attached hydrogen (secondary N) is 1. The van der Waals surface area contributed by atoms with Crippen LogP contribution in [0.25, 0.3) is 10.9 Å². The normalized spacial score (nSPS) is 22.5. The topological polar surface area (TPSA) is 71.9 Å². The van der Waals surface area contributed by atoms with E-state index < -0.39 is 20.3 Å². The fourth-order valence-corrected chi connectivity index (χ4v) is 5.02. The van der Waals surface area contributed by atoms with E-state index in [0.29, 0.717) is 11.8 Å². The SMILES string of the molecule is CC1=CC(Br)=CCC1(C)S(=O)(=O)n1ccc2cc[nH]c(=O)c21. The Hall–Kier alpha value is -1.60. The highest BCUT2D eigenvalue weighted by atomic mass is 79.9. The molecule has 0 radical (unpaired) electrons. The zero-order chi connectivity index (χ0) is 16.1. The van der Waals surface area contributed by atoms with Gasteiger partial charge in [-0.2, -0.15) is 0 Å². The second-order valence-electron chi connectivity index (χ2n) is 5.58. The molecule has 7 heteroatoms. The van der Waals surface area contributed by atoms with Gasteiger partial charge >= 0.3 is 0 Å². The van der Waals surface area contributed by atoms with E-state index in [4.69, 9.17) is 0 Å². The van der Waals surface area contributed by atoms with E-state index >= 15 is 0 Å². The Kier molecular flexibility index (Phi) is 3.45. The highest BCUT2D eigenvalue weighted by Crippen LogP contribution is 2.38. The van der Waals surface area contributed by atoms with Gasteiger partial charge in [-0.15, -0.1) is 0 Å². The van der Waals surface area contributed by atoms with Gasteiger partial charge in [-0.3, -0.25) is 4.79 Å². The molecule has 22 heavy (non-hydrogen) atoms. The van der Waals surface area contributed by atoms with Crippen molar-refractivity contribution in [3.05, 3.63) is 57.1 Å². The van der Waals surface area contributed by atoms with E-state index in [1.807, 2.05) is 6.08 Å². The van der Waals surface area contributed by atoms with Gasteiger partial charge in [-0.1, -0.05) is 22.0 Å². The van der Waals surface area contributed by atoms with E-state index in [-0.39, 0.29) is 5.52 Å². The molecule has 1 unspecified atom stereocenters. The molecule has 2 heterocycles. The first kappa shape index (κ1) is 15.3. The first-order chi connectivity index (χ1) is 10.3. The molecule has 3 rings (SSSR count). The average molecular weight is 383 g/mol. The number of rotatable bonds is 2. The lowest BCUT2D eigenvalue weighted by molar-refractivity contribution is 0.546. The molecule has 0 saturated heterocycles. The van der Waals surface area contributed by atoms with Crippen molar-refractivity contribution < 1.29 is 8.42 Å². The molecule has 0 saturated carbocycles. The number of nitrogens with zero attached hydrogens (tertiary/aromatic N) is 1. The minimum Gasteiger partial charge on any atom is -0.327 e. The molecule has 1 N–H and O–H groups in total. The van der Waals surface area contributed by atoms with Gasteiger partial charge < -0.3 is 4.98 Å². The number of halogens is 1. The van der Waals surface area contributed by atoms with Crippen molar-refractivity contribution in [3.8, 4) is 0 Å². The van der Waals surface area contributed by atoms with Crippen LogP contribution in [0.4, 0.5) is 0 Å². The molecule has 0 aliphatic heterocycles. The molecule has 0 bridgehead atoms. The monoisotopic (exact) mass is 382 g/mol. The van der Waals surface area contributed by atoms with Crippen LogP contribution in [0.5, 0.6) is 0 Å². The van der Waals surface area contributed by atoms with Gasteiger partial charge in [0.15, 0.2) is 0 Å². The van der Waals surface area contributed by atoms with E-state index in [0.717, 1.165) is 14.0 Å². The number of aromatic amines is 1. The van der Waals surface area contributed by atoms with Gasteiger partial charge in [0.2, 0.25) is 10.0 Å². The van der Waals surface area contributed by atoms with Crippen LogP contribution >= 0.6 is 15.9 Å². The molecule has 0 amide bonds. The van der Waals surface area contributed by atoms with E-state index in [1.165, 1.54) is 12.4 Å². The van der Waals surface area contributed by atoms with Crippen LogP contribution in [0.3, 0.4) is 0 Å². The van der Waals surface area contributed by atoms with E-state index in [2.05, 4.69) is 20.9 Å². The third-order valence-corrected chi connectivity index (χ3v) is 7.28. The summed E-state index contributed by atoms with van der Waals surface area (Å²) in [5.74, 6) is 0. The van der Waals surface area contributed by atoms with Gasteiger partial charge in [0.05, 0.1) is 0 Å². The second kappa shape index (κ2) is 4.96. The molecule has 1 aliphatic rings. The first-order valence-corrected chi connectivity index (χ1v) is 8.99. The number of aromatic nitrogens is 2. The predicted molar refractivity (Wildman–Crippen MR) is 90.7 cm³/mol. The van der Waals surface area contributed by atoms with Gasteiger partial charge in [0.25, 0.3) is 5.56 Å². The number of allylic oxidation sites excluding steroid dienone is 3. The highest BCUT2D eigenvalue weighted by molar-refractivity contribution is 9.11. The molecule has 0 aromatic carbocycles. The maximum atomic E-state index is 13.2. The molecule has 2 aromatic rings. The van der Waals surface area contributed by atoms with Crippen LogP contribution < -0.4 is 5.56 Å². The van der Waals surface area contributed by atoms with Crippen molar-refractivity contribution in [2.24, 2.45) is 0 Å². The Bertz CT molecular complexity index is 982. The predicted octanol–water partition coefficient (Wildman–Crippen LogP) is 2.90. The summed E-state index contributed by atoms with van der Waals surface area (Å²) in [7, 11) is -3.78. The maximum Gasteiger partial charge on any atom is 0.273 e. The van der Waals surface area contributed by atoms with Crippen LogP contribution in [0, 0.1) is 0 Å². The molecular weight excluding hydrogens is 368 g/mol. The summed E-state index contributed by atoms with van der Waals surface area (Å²) in [5.41, 5.74) is 0.477. The zero-order valence-corrected chi connectivity index (χ0v) is 14.5. The van der Waals surface area contributed by atoms with Crippen molar-refractivity contribution >= 4 is 36.9 Å². The number of pyridine rings is 1. The molecule has 1 aliphatic carbocycles. The smallest absolute Gasteiger partial charge is 0.273 e. The number of H-pyrrole nitrogens is 1. The molecule has 2 aromatic heterocycles. The lowest BCUT2D eigenvalue weighted by Gasteiger charge is -2.32. The summed E-state index contributed by atoms with van der Waals surface area (Å²) < 4.78 is 27.2. The van der Waals surface area contributed by atoms with Crippen LogP contribution in [0.1, 0.15) is 20.3 Å². The van der Waals surface area contributed by atoms with E-state index in [1.54, 1.807) is 32.1 Å². The Morgan fingerprint density at radius 1 is 1.36 bits per heavy atom. The Labute approximate surface area is 136 Å². The molecular formula is C15H15BrN2O3S. The summed E-state index contributed by atoms with van der Waals surface area (Å²) in [5, 5.41) is 0.602. The van der Waals surface area contributed by atoms with Gasteiger partial charge in [-0.05, 0) is 44.1 Å². The molecule has 116 valence electrons. The Balaban J connectivity index is 2.27. The Morgan fingerprint density at radius 3 is 2.77 bits per heavy atom. The standard InChI is InChI=1S/C15H15BrN2O3S/c1-10-9-12(16)3-6-15(10,2)22(20,21)18-8-5-11-4-7-17-14(19)13(11)18/h3-5,7-9H,6H2,1-2H3,(H,17,19). The summed E-state index contributed by atoms with van der Waals surface area (Å²) in [6.45, 7) is 3.48. The lowest BCUT2D eigenvalue weighted by Crippen LogP contribution is -2.41. The molecule has 0 spiro atoms. The summed E-state index contributed by atoms with van der Waals surface area (Å²) in [4.78, 5) is 14.6. The molecule has 5 nitrogen and oxygen atoms in total. The van der Waals surface area contributed by atoms with Crippen LogP contribution in [-0.4, -0.2) is 22.1 Å². The maximum absolute atomic E-state index is 13.2. The minimum atomic E-state index is -3.78. The largest absolute Gasteiger partial charge is 0.327 e. The molecule has 0 fully saturated rings. The molecule has 1 atom stereocenters. The fraction of sp³-hybridized carbons (Fsp3) is 0.267. The van der Waals surface area contributed by atoms with Gasteiger partial charge in [-0.25, -0.2) is 12.4 Å². The van der Waals surface area contributed by atoms with Crippen molar-refractivity contribution in [1.29, 1.82) is 0 Å². The fourth-order valence-electron chi connectivity index (χ4n) is 2.67. The second-order valence-corrected chi connectivity index (χ2v) is 8.74. The van der Waals surface area contributed by atoms with Crippen molar-refractivity contribution in [2.75, 3.05) is 0 Å².